The minimum absolute atomic E-state index is 0. The topological polar surface area (TPSA) is 13.0 Å². The standard InChI is InChI=1S/C22H19N4.CH4.Os/c1-23-15-25(21-12-5-3-10-19(21)23)17-8-7-9-18(14-17)26-16-24(2)20-11-4-6-13-22(20)26;;/h3-13,15-16H,1-2H3;1H4;/q-3;;. The first-order chi connectivity index (χ1) is 12.7. The molecule has 0 saturated carbocycles. The number of fused-ring (bicyclic) bond motifs is 2. The van der Waals surface area contributed by atoms with Crippen molar-refractivity contribution in [3.05, 3.63) is 86.1 Å². The number of hydrogen-bond donors (Lipinski definition) is 0. The molecule has 3 aromatic rings. The van der Waals surface area contributed by atoms with Gasteiger partial charge in [0.15, 0.2) is 0 Å². The summed E-state index contributed by atoms with van der Waals surface area (Å²) in [4.78, 5) is 8.65. The number of rotatable bonds is 2. The Bertz CT molecular complexity index is 899. The summed E-state index contributed by atoms with van der Waals surface area (Å²) in [7, 11) is 4.14. The molecule has 5 heteroatoms. The van der Waals surface area contributed by atoms with E-state index in [2.05, 4.69) is 120 Å². The first-order valence-electron chi connectivity index (χ1n) is 8.67. The third-order valence-electron chi connectivity index (χ3n) is 4.90. The summed E-state index contributed by atoms with van der Waals surface area (Å²) in [6.07, 6.45) is 0. The number of hydrogen-bond acceptors (Lipinski definition) is 4. The van der Waals surface area contributed by atoms with Gasteiger partial charge in [-0.25, -0.2) is 0 Å². The molecule has 146 valence electrons. The Balaban J connectivity index is 0.00000112. The SMILES string of the molecule is C.CN1[CH-]N(c2[c-]c(N3[CH-]N(C)c4ccccc43)ccc2)c2ccccc21.[Os]. The summed E-state index contributed by atoms with van der Waals surface area (Å²) in [6.45, 7) is 4.21. The first-order valence-corrected chi connectivity index (χ1v) is 8.67. The van der Waals surface area contributed by atoms with E-state index in [1.54, 1.807) is 0 Å². The average molecular weight is 546 g/mol. The molecule has 0 saturated heterocycles. The molecule has 0 spiro atoms. The van der Waals surface area contributed by atoms with Gasteiger partial charge >= 0.3 is 0 Å². The summed E-state index contributed by atoms with van der Waals surface area (Å²) in [5.41, 5.74) is 6.80. The maximum atomic E-state index is 3.59. The summed E-state index contributed by atoms with van der Waals surface area (Å²) in [6, 6.07) is 26.7. The van der Waals surface area contributed by atoms with Gasteiger partial charge in [0.05, 0.1) is 0 Å². The summed E-state index contributed by atoms with van der Waals surface area (Å²) < 4.78 is 0. The fraction of sp³-hybridized carbons (Fsp3) is 0.130. The second-order valence-corrected chi connectivity index (χ2v) is 6.59. The number of anilines is 6. The Labute approximate surface area is 181 Å². The first kappa shape index (κ1) is 20.2. The zero-order chi connectivity index (χ0) is 17.7. The molecule has 28 heavy (non-hydrogen) atoms. The Hall–Kier alpha value is -2.50. The summed E-state index contributed by atoms with van der Waals surface area (Å²) >= 11 is 0. The van der Waals surface area contributed by atoms with E-state index >= 15 is 0 Å². The molecular formula is C23H23N4Os-3. The Kier molecular flexibility index (Phi) is 5.68. The van der Waals surface area contributed by atoms with Crippen molar-refractivity contribution in [1.82, 2.24) is 0 Å². The minimum atomic E-state index is 0. The quantitative estimate of drug-likeness (QED) is 0.393. The van der Waals surface area contributed by atoms with E-state index < -0.39 is 0 Å². The van der Waals surface area contributed by atoms with Crippen LogP contribution in [-0.2, 0) is 19.8 Å². The van der Waals surface area contributed by atoms with Crippen LogP contribution >= 0.6 is 0 Å². The largest absolute Gasteiger partial charge is 0.504 e. The van der Waals surface area contributed by atoms with Crippen LogP contribution in [0.5, 0.6) is 0 Å². The number of benzene rings is 3. The molecule has 2 aliphatic heterocycles. The van der Waals surface area contributed by atoms with Crippen LogP contribution in [0.15, 0.2) is 66.7 Å². The second kappa shape index (κ2) is 7.85. The van der Waals surface area contributed by atoms with Gasteiger partial charge < -0.3 is 19.6 Å². The molecule has 0 aliphatic carbocycles. The van der Waals surface area contributed by atoms with Crippen molar-refractivity contribution in [3.63, 3.8) is 0 Å². The van der Waals surface area contributed by atoms with E-state index in [0.29, 0.717) is 0 Å². The van der Waals surface area contributed by atoms with Crippen LogP contribution in [0.4, 0.5) is 34.1 Å². The molecule has 0 unspecified atom stereocenters. The molecule has 3 aromatic carbocycles. The van der Waals surface area contributed by atoms with E-state index in [0.717, 1.165) is 11.4 Å². The third kappa shape index (κ3) is 3.14. The fourth-order valence-corrected chi connectivity index (χ4v) is 3.64. The van der Waals surface area contributed by atoms with Crippen LogP contribution < -0.4 is 19.6 Å². The van der Waals surface area contributed by atoms with Crippen molar-refractivity contribution in [2.75, 3.05) is 33.7 Å². The normalized spacial score (nSPS) is 14.4. The Morgan fingerprint density at radius 3 is 1.43 bits per heavy atom. The van der Waals surface area contributed by atoms with E-state index in [1.165, 1.54) is 22.7 Å². The molecule has 2 aliphatic rings. The maximum absolute atomic E-state index is 3.59. The van der Waals surface area contributed by atoms with Crippen molar-refractivity contribution in [3.8, 4) is 0 Å². The molecule has 0 aromatic heterocycles. The van der Waals surface area contributed by atoms with E-state index in [9.17, 15) is 0 Å². The zero-order valence-electron chi connectivity index (χ0n) is 15.1. The van der Waals surface area contributed by atoms with Gasteiger partial charge in [-0.3, -0.25) is 0 Å². The predicted octanol–water partition coefficient (Wildman–Crippen LogP) is 5.53. The molecule has 0 radical (unpaired) electrons. The van der Waals surface area contributed by atoms with Crippen LogP contribution in [0.3, 0.4) is 0 Å². The van der Waals surface area contributed by atoms with Gasteiger partial charge in [0, 0.05) is 42.5 Å². The Morgan fingerprint density at radius 1 is 0.607 bits per heavy atom. The van der Waals surface area contributed by atoms with E-state index in [1.807, 2.05) is 0 Å². The molecule has 0 fully saturated rings. The maximum Gasteiger partial charge on any atom is 0.0326 e. The number of para-hydroxylation sites is 4. The van der Waals surface area contributed by atoms with Gasteiger partial charge in [0.25, 0.3) is 0 Å². The van der Waals surface area contributed by atoms with Crippen molar-refractivity contribution in [1.29, 1.82) is 0 Å². The monoisotopic (exact) mass is 547 g/mol. The van der Waals surface area contributed by atoms with Gasteiger partial charge in [0.2, 0.25) is 0 Å². The fourth-order valence-electron chi connectivity index (χ4n) is 3.64. The van der Waals surface area contributed by atoms with Crippen molar-refractivity contribution < 1.29 is 19.8 Å². The molecule has 0 atom stereocenters. The van der Waals surface area contributed by atoms with Gasteiger partial charge in [-0.15, -0.1) is 29.6 Å². The van der Waals surface area contributed by atoms with Crippen molar-refractivity contribution in [2.24, 2.45) is 0 Å². The van der Waals surface area contributed by atoms with Gasteiger partial charge in [-0.1, -0.05) is 31.7 Å². The van der Waals surface area contributed by atoms with Crippen LogP contribution in [0.1, 0.15) is 7.43 Å². The van der Waals surface area contributed by atoms with Crippen molar-refractivity contribution in [2.45, 2.75) is 7.43 Å². The van der Waals surface area contributed by atoms with Gasteiger partial charge in [-0.05, 0) is 38.4 Å². The van der Waals surface area contributed by atoms with E-state index in [4.69, 9.17) is 0 Å². The second-order valence-electron chi connectivity index (χ2n) is 6.59. The molecule has 2 heterocycles. The van der Waals surface area contributed by atoms with Crippen LogP contribution in [0.25, 0.3) is 0 Å². The summed E-state index contributed by atoms with van der Waals surface area (Å²) in [5, 5.41) is 0. The molecule has 4 nitrogen and oxygen atoms in total. The smallest absolute Gasteiger partial charge is 0.0326 e. The molecule has 5 rings (SSSR count). The molecule has 0 bridgehead atoms. The molecule has 0 amide bonds. The van der Waals surface area contributed by atoms with Crippen LogP contribution in [0, 0.1) is 19.4 Å². The minimum Gasteiger partial charge on any atom is -0.504 e. The van der Waals surface area contributed by atoms with Gasteiger partial charge in [0.1, 0.15) is 0 Å². The zero-order valence-corrected chi connectivity index (χ0v) is 17.7. The number of nitrogens with zero attached hydrogens (tertiary/aromatic N) is 4. The average Bonchev–Trinajstić information content (AvgIpc) is 3.20. The van der Waals surface area contributed by atoms with Crippen molar-refractivity contribution >= 4 is 34.1 Å². The third-order valence-corrected chi connectivity index (χ3v) is 4.90. The van der Waals surface area contributed by atoms with E-state index in [-0.39, 0.29) is 27.2 Å². The van der Waals surface area contributed by atoms with Crippen LogP contribution in [0.2, 0.25) is 0 Å². The van der Waals surface area contributed by atoms with Crippen LogP contribution in [-0.4, -0.2) is 14.1 Å². The summed E-state index contributed by atoms with van der Waals surface area (Å²) in [5.74, 6) is 0. The van der Waals surface area contributed by atoms with Gasteiger partial charge in [-0.2, -0.15) is 19.4 Å². The predicted molar refractivity (Wildman–Crippen MR) is 115 cm³/mol. The Morgan fingerprint density at radius 2 is 1.00 bits per heavy atom. The molecule has 0 N–H and O–H groups in total. The molecular weight excluding hydrogens is 523 g/mol.